The van der Waals surface area contributed by atoms with Crippen molar-refractivity contribution in [2.24, 2.45) is 0 Å². The molecule has 1 amide bonds. The van der Waals surface area contributed by atoms with Gasteiger partial charge in [-0.15, -0.1) is 11.6 Å². The average molecular weight is 628 g/mol. The molecule has 2 aliphatic rings. The van der Waals surface area contributed by atoms with Gasteiger partial charge in [0, 0.05) is 6.92 Å². The zero-order valence-corrected chi connectivity index (χ0v) is 25.7. The van der Waals surface area contributed by atoms with Crippen molar-refractivity contribution in [3.63, 3.8) is 0 Å². The van der Waals surface area contributed by atoms with E-state index in [2.05, 4.69) is 12.2 Å². The molecule has 12 nitrogen and oxygen atoms in total. The maximum atomic E-state index is 13.2. The molecule has 1 aromatic rings. The van der Waals surface area contributed by atoms with E-state index in [9.17, 15) is 19.2 Å². The largest absolute Gasteiger partial charge is 0.465 e. The van der Waals surface area contributed by atoms with Gasteiger partial charge in [0.05, 0.1) is 39.4 Å². The molecule has 0 saturated carbocycles. The Labute approximate surface area is 256 Å². The molecule has 0 unspecified atom stereocenters. The zero-order valence-electron chi connectivity index (χ0n) is 24.9. The van der Waals surface area contributed by atoms with Crippen LogP contribution in [0.4, 0.5) is 4.79 Å². The predicted octanol–water partition coefficient (Wildman–Crippen LogP) is 3.80. The minimum atomic E-state index is -1.99. The molecule has 0 spiro atoms. The van der Waals surface area contributed by atoms with Crippen LogP contribution < -0.4 is 5.32 Å². The Morgan fingerprint density at radius 1 is 1.09 bits per heavy atom. The number of carbonyl (C=O) groups is 4. The van der Waals surface area contributed by atoms with Crippen molar-refractivity contribution in [2.75, 3.05) is 26.2 Å². The molecule has 0 aliphatic carbocycles. The maximum absolute atomic E-state index is 13.2. The summed E-state index contributed by atoms with van der Waals surface area (Å²) in [6.45, 7) is 3.40. The lowest BCUT2D eigenvalue weighted by atomic mass is 9.89. The lowest BCUT2D eigenvalue weighted by Gasteiger charge is -2.45. The smallest absolute Gasteiger partial charge is 0.407 e. The molecule has 1 aromatic carbocycles. The SMILES string of the molecule is CCCCCCCCO[C@]1(C(=O)OC)C[C@@H]2OC(=O)N[C@H]2[C@H]([C@H](OC(C)=O)[C@@H](COCc2ccccc2)OC(=O)CCl)O1. The van der Waals surface area contributed by atoms with Crippen molar-refractivity contribution in [3.05, 3.63) is 35.9 Å². The number of fused-ring (bicyclic) bond motifs is 1. The van der Waals surface area contributed by atoms with Crippen LogP contribution in [0.15, 0.2) is 30.3 Å². The lowest BCUT2D eigenvalue weighted by molar-refractivity contribution is -0.308. The number of rotatable bonds is 18. The Bertz CT molecular complexity index is 1060. The number of methoxy groups -OCH3 is 1. The normalized spacial score (nSPS) is 24.2. The van der Waals surface area contributed by atoms with Gasteiger partial charge in [0.1, 0.15) is 18.1 Å². The maximum Gasteiger partial charge on any atom is 0.407 e. The van der Waals surface area contributed by atoms with Crippen LogP contribution in [0.25, 0.3) is 0 Å². The van der Waals surface area contributed by atoms with Crippen LogP contribution >= 0.6 is 11.6 Å². The van der Waals surface area contributed by atoms with Crippen molar-refractivity contribution in [3.8, 4) is 0 Å². The average Bonchev–Trinajstić information content (AvgIpc) is 3.38. The summed E-state index contributed by atoms with van der Waals surface area (Å²) in [5, 5.41) is 2.66. The Balaban J connectivity index is 1.89. The second-order valence-electron chi connectivity index (χ2n) is 10.5. The van der Waals surface area contributed by atoms with E-state index in [-0.39, 0.29) is 26.2 Å². The number of amides is 1. The minimum absolute atomic E-state index is 0.160. The molecule has 13 heteroatoms. The summed E-state index contributed by atoms with van der Waals surface area (Å²) in [7, 11) is 1.19. The quantitative estimate of drug-likeness (QED) is 0.110. The highest BCUT2D eigenvalue weighted by molar-refractivity contribution is 6.26. The third kappa shape index (κ3) is 10.1. The van der Waals surface area contributed by atoms with Gasteiger partial charge in [-0.2, -0.15) is 0 Å². The first-order valence-electron chi connectivity index (χ1n) is 14.6. The first-order valence-corrected chi connectivity index (χ1v) is 15.2. The molecular weight excluding hydrogens is 586 g/mol. The number of alkyl halides is 1. The first kappa shape index (κ1) is 34.6. The van der Waals surface area contributed by atoms with Crippen molar-refractivity contribution in [2.45, 2.75) is 102 Å². The second-order valence-corrected chi connectivity index (χ2v) is 10.8. The van der Waals surface area contributed by atoms with Crippen LogP contribution in [-0.4, -0.2) is 86.4 Å². The van der Waals surface area contributed by atoms with E-state index in [0.717, 1.165) is 37.7 Å². The molecule has 240 valence electrons. The van der Waals surface area contributed by atoms with Gasteiger partial charge in [0.2, 0.25) is 0 Å². The molecule has 0 bridgehead atoms. The fourth-order valence-electron chi connectivity index (χ4n) is 5.18. The Kier molecular flexibility index (Phi) is 14.0. The molecule has 2 aliphatic heterocycles. The van der Waals surface area contributed by atoms with Gasteiger partial charge in [-0.1, -0.05) is 69.4 Å². The number of benzene rings is 1. The Morgan fingerprint density at radius 2 is 1.81 bits per heavy atom. The number of alkyl carbamates (subject to hydrolysis) is 1. The highest BCUT2D eigenvalue weighted by Gasteiger charge is 2.61. The fourth-order valence-corrected chi connectivity index (χ4v) is 5.24. The molecule has 2 heterocycles. The lowest BCUT2D eigenvalue weighted by Crippen LogP contribution is -2.66. The molecule has 0 radical (unpaired) electrons. The fraction of sp³-hybridized carbons (Fsp3) is 0.667. The van der Waals surface area contributed by atoms with Gasteiger partial charge in [0.15, 0.2) is 12.2 Å². The molecule has 3 rings (SSSR count). The number of ether oxygens (including phenoxy) is 7. The molecule has 1 N–H and O–H groups in total. The van der Waals surface area contributed by atoms with E-state index in [1.165, 1.54) is 14.0 Å². The number of hydrogen-bond acceptors (Lipinski definition) is 11. The summed E-state index contributed by atoms with van der Waals surface area (Å²) >= 11 is 5.73. The van der Waals surface area contributed by atoms with E-state index in [1.54, 1.807) is 0 Å². The van der Waals surface area contributed by atoms with Gasteiger partial charge in [0.25, 0.3) is 5.79 Å². The van der Waals surface area contributed by atoms with Gasteiger partial charge in [-0.25, -0.2) is 9.59 Å². The molecule has 43 heavy (non-hydrogen) atoms. The molecule has 2 saturated heterocycles. The predicted molar refractivity (Wildman–Crippen MR) is 153 cm³/mol. The first-order chi connectivity index (χ1) is 20.7. The van der Waals surface area contributed by atoms with Crippen LogP contribution in [0.1, 0.15) is 64.4 Å². The van der Waals surface area contributed by atoms with E-state index in [0.29, 0.717) is 6.42 Å². The third-order valence-electron chi connectivity index (χ3n) is 7.20. The second kappa shape index (κ2) is 17.4. The monoisotopic (exact) mass is 627 g/mol. The number of halogens is 1. The number of carbonyl (C=O) groups excluding carboxylic acids is 4. The minimum Gasteiger partial charge on any atom is -0.465 e. The van der Waals surface area contributed by atoms with Crippen molar-refractivity contribution < 1.29 is 52.3 Å². The van der Waals surface area contributed by atoms with E-state index in [1.807, 2.05) is 30.3 Å². The highest BCUT2D eigenvalue weighted by Crippen LogP contribution is 2.38. The van der Waals surface area contributed by atoms with E-state index in [4.69, 9.17) is 44.8 Å². The van der Waals surface area contributed by atoms with Crippen LogP contribution in [0, 0.1) is 0 Å². The number of unbranched alkanes of at least 4 members (excludes halogenated alkanes) is 5. The van der Waals surface area contributed by atoms with E-state index >= 15 is 0 Å². The topological polar surface area (TPSA) is 145 Å². The highest BCUT2D eigenvalue weighted by atomic mass is 35.5. The molecule has 6 atom stereocenters. The molecule has 0 aromatic heterocycles. The summed E-state index contributed by atoms with van der Waals surface area (Å²) in [5.74, 6) is -4.84. The standard InChI is InChI=1S/C30H42ClNO11/c1-4-5-6-7-8-12-15-39-30(28(35)37-3)16-22-25(32-29(36)42-22)27(43-30)26(40-20(2)33)23(41-24(34)17-31)19-38-18-21-13-10-9-11-14-21/h9-11,13-14,22-23,25-27H,4-8,12,15-19H2,1-3H3,(H,32,36)/t22-,23+,25+,26+,27+,30+/m0/s1. The van der Waals surface area contributed by atoms with Crippen molar-refractivity contribution in [1.82, 2.24) is 5.32 Å². The van der Waals surface area contributed by atoms with Gasteiger partial charge >= 0.3 is 24.0 Å². The summed E-state index contributed by atoms with van der Waals surface area (Å²) in [5.41, 5.74) is 0.854. The Hall–Kier alpha value is -2.93. The number of hydrogen-bond donors (Lipinski definition) is 1. The van der Waals surface area contributed by atoms with Gasteiger partial charge < -0.3 is 38.5 Å². The van der Waals surface area contributed by atoms with Crippen LogP contribution in [0.2, 0.25) is 0 Å². The van der Waals surface area contributed by atoms with Gasteiger partial charge in [-0.05, 0) is 12.0 Å². The number of nitrogens with one attached hydrogen (secondary N) is 1. The molecule has 2 fully saturated rings. The van der Waals surface area contributed by atoms with Gasteiger partial charge in [-0.3, -0.25) is 9.59 Å². The van der Waals surface area contributed by atoms with Crippen LogP contribution in [-0.2, 0) is 54.1 Å². The summed E-state index contributed by atoms with van der Waals surface area (Å²) in [6.07, 6.45) is 0.198. The van der Waals surface area contributed by atoms with E-state index < -0.39 is 66.1 Å². The van der Waals surface area contributed by atoms with Crippen molar-refractivity contribution >= 4 is 35.6 Å². The Morgan fingerprint density at radius 3 is 2.49 bits per heavy atom. The summed E-state index contributed by atoms with van der Waals surface area (Å²) in [4.78, 5) is 50.3. The molecular formula is C30H42ClNO11. The van der Waals surface area contributed by atoms with Crippen molar-refractivity contribution in [1.29, 1.82) is 0 Å². The van der Waals surface area contributed by atoms with Crippen LogP contribution in [0.3, 0.4) is 0 Å². The summed E-state index contributed by atoms with van der Waals surface area (Å²) < 4.78 is 40.0. The summed E-state index contributed by atoms with van der Waals surface area (Å²) in [6, 6.07) is 8.38. The zero-order chi connectivity index (χ0) is 31.2. The number of esters is 3. The van der Waals surface area contributed by atoms with Crippen LogP contribution in [0.5, 0.6) is 0 Å². The third-order valence-corrected chi connectivity index (χ3v) is 7.42.